The Morgan fingerprint density at radius 3 is 1.57 bits per heavy atom. The predicted molar refractivity (Wildman–Crippen MR) is 211 cm³/mol. The van der Waals surface area contributed by atoms with Gasteiger partial charge in [0.25, 0.3) is 0 Å². The number of hydrogen-bond donors (Lipinski definition) is 2. The van der Waals surface area contributed by atoms with Gasteiger partial charge >= 0.3 is 14.4 Å². The first-order valence-corrected chi connectivity index (χ1v) is 26.2. The van der Waals surface area contributed by atoms with Crippen molar-refractivity contribution < 1.29 is 30.7 Å². The molecule has 1 amide bonds. The summed E-state index contributed by atoms with van der Waals surface area (Å²) >= 11 is 8.83. The van der Waals surface area contributed by atoms with Crippen LogP contribution in [0.1, 0.15) is 168 Å². The lowest BCUT2D eigenvalue weighted by molar-refractivity contribution is -0.0985. The molecule has 0 aliphatic rings. The normalized spacial score (nSPS) is 13.2. The first-order chi connectivity index (χ1) is 22.6. The molecule has 1 unspecified atom stereocenters. The van der Waals surface area contributed by atoms with Crippen LogP contribution < -0.4 is 5.48 Å². The Balaban J connectivity index is 3.70. The minimum atomic E-state index is -3.52. The number of amides is 1. The summed E-state index contributed by atoms with van der Waals surface area (Å²) in [6, 6.07) is 0. The van der Waals surface area contributed by atoms with E-state index in [-0.39, 0.29) is 13.2 Å². The highest BCUT2D eigenvalue weighted by Gasteiger charge is 2.21. The molecule has 0 aromatic heterocycles. The average molecular weight is 801 g/mol. The number of nitrogens with one attached hydrogen (secondary N) is 1. The smallest absolute Gasteiger partial charge is 0.281 e. The lowest BCUT2D eigenvalue weighted by atomic mass is 10.1. The second kappa shape index (κ2) is 34.1. The average Bonchev–Trinajstić information content (AvgIpc) is 3.02. The summed E-state index contributed by atoms with van der Waals surface area (Å²) < 4.78 is 47.9. The molecule has 0 fully saturated rings. The van der Waals surface area contributed by atoms with Gasteiger partial charge in [-0.2, -0.15) is 18.8 Å². The number of rotatable bonds is 37. The molecule has 1 N–H and O–H groups in total. The molecule has 47 heavy (non-hydrogen) atoms. The summed E-state index contributed by atoms with van der Waals surface area (Å²) in [4.78, 5) is 17.0. The van der Waals surface area contributed by atoms with Gasteiger partial charge in [-0.05, 0) is 25.7 Å². The third kappa shape index (κ3) is 35.2. The summed E-state index contributed by atoms with van der Waals surface area (Å²) in [5.74, 6) is 0.789. The van der Waals surface area contributed by atoms with E-state index in [1.165, 1.54) is 81.4 Å². The second-order valence-corrected chi connectivity index (χ2v) is 22.8. The van der Waals surface area contributed by atoms with E-state index in [1.54, 1.807) is 0 Å². The van der Waals surface area contributed by atoms with E-state index in [2.05, 4.69) is 32.0 Å². The van der Waals surface area contributed by atoms with Crippen LogP contribution in [0.15, 0.2) is 0 Å². The highest BCUT2D eigenvalue weighted by molar-refractivity contribution is 9.06. The van der Waals surface area contributed by atoms with E-state index < -0.39 is 22.2 Å². The van der Waals surface area contributed by atoms with Crippen LogP contribution in [-0.2, 0) is 41.4 Å². The Labute approximate surface area is 309 Å². The van der Waals surface area contributed by atoms with Crippen LogP contribution in [0.2, 0.25) is 0 Å². The van der Waals surface area contributed by atoms with Gasteiger partial charge in [-0.1, -0.05) is 166 Å². The highest BCUT2D eigenvalue weighted by atomic mass is 33.5. The first kappa shape index (κ1) is 48.0. The van der Waals surface area contributed by atoms with E-state index in [9.17, 15) is 17.4 Å². The molecule has 0 aromatic carbocycles. The molecule has 0 saturated heterocycles. The lowest BCUT2D eigenvalue weighted by Crippen LogP contribution is -2.30. The van der Waals surface area contributed by atoms with Gasteiger partial charge < -0.3 is 0 Å². The number of hydroxylamine groups is 2. The Morgan fingerprint density at radius 2 is 1.09 bits per heavy atom. The van der Waals surface area contributed by atoms with Crippen molar-refractivity contribution in [2.24, 2.45) is 0 Å². The van der Waals surface area contributed by atoms with Crippen LogP contribution in [0.4, 0.5) is 4.79 Å². The zero-order valence-electron chi connectivity index (χ0n) is 29.0. The molecule has 9 nitrogen and oxygen atoms in total. The van der Waals surface area contributed by atoms with Crippen molar-refractivity contribution in [1.82, 2.24) is 9.95 Å². The Morgan fingerprint density at radius 1 is 0.660 bits per heavy atom. The quantitative estimate of drug-likeness (QED) is 0.0205. The zero-order chi connectivity index (χ0) is 34.9. The molecule has 0 bridgehead atoms. The number of carbonyl (C=O) groups is 1. The fraction of sp³-hybridized carbons (Fsp3) is 0.968. The molecule has 16 heteroatoms. The minimum Gasteiger partial charge on any atom is -0.281 e. The van der Waals surface area contributed by atoms with Gasteiger partial charge in [0.1, 0.15) is 11.0 Å². The van der Waals surface area contributed by atoms with E-state index in [0.717, 1.165) is 104 Å². The van der Waals surface area contributed by atoms with Crippen molar-refractivity contribution >= 4 is 77.6 Å². The monoisotopic (exact) mass is 800 g/mol. The van der Waals surface area contributed by atoms with E-state index in [0.29, 0.717) is 17.5 Å². The molecule has 0 heterocycles. The van der Waals surface area contributed by atoms with Crippen molar-refractivity contribution in [2.45, 2.75) is 168 Å². The Hall–Kier alpha value is 1.03. The van der Waals surface area contributed by atoms with Crippen molar-refractivity contribution in [1.29, 1.82) is 0 Å². The molecule has 0 aliphatic carbocycles. The van der Waals surface area contributed by atoms with Gasteiger partial charge in [0.15, 0.2) is 0 Å². The van der Waals surface area contributed by atoms with Gasteiger partial charge in [0.2, 0.25) is 7.80 Å². The lowest BCUT2D eigenvalue weighted by Gasteiger charge is -2.18. The van der Waals surface area contributed by atoms with E-state index in [1.807, 2.05) is 0 Å². The second-order valence-electron chi connectivity index (χ2n) is 11.7. The molecule has 282 valence electrons. The van der Waals surface area contributed by atoms with Crippen LogP contribution in [0, 0.1) is 0 Å². The van der Waals surface area contributed by atoms with Crippen LogP contribution in [-0.4, -0.2) is 47.8 Å². The molecule has 0 rings (SSSR count). The zero-order valence-corrected chi connectivity index (χ0v) is 34.8. The van der Waals surface area contributed by atoms with Gasteiger partial charge in [-0.15, -0.1) is 4.47 Å². The van der Waals surface area contributed by atoms with Crippen LogP contribution in [0.5, 0.6) is 0 Å². The Bertz CT molecular complexity index is 929. The third-order valence-electron chi connectivity index (χ3n) is 7.30. The number of hydrogen-bond acceptors (Lipinski definition) is 12. The molecular formula is C31H64N2O7S7. The molecule has 0 aromatic rings. The summed E-state index contributed by atoms with van der Waals surface area (Å²) in [6.45, 7) is 5.51. The fourth-order valence-electron chi connectivity index (χ4n) is 4.62. The van der Waals surface area contributed by atoms with Gasteiger partial charge in [-0.25, -0.2) is 4.21 Å². The van der Waals surface area contributed by atoms with Gasteiger partial charge in [0.05, 0.1) is 23.0 Å². The van der Waals surface area contributed by atoms with Crippen molar-refractivity contribution in [3.8, 4) is 0 Å². The Kier molecular flexibility index (Phi) is 34.9. The molecule has 1 atom stereocenters. The number of carbonyl (C=O) groups excluding carboxylic acids is 1. The van der Waals surface area contributed by atoms with Crippen LogP contribution >= 0.6 is 44.2 Å². The third-order valence-corrected chi connectivity index (χ3v) is 15.8. The fourth-order valence-corrected chi connectivity index (χ4v) is 11.6. The maximum atomic E-state index is 12.6. The maximum Gasteiger partial charge on any atom is 0.332 e. The number of nitrogens with zero attached hydrogens (tertiary/aromatic N) is 1. The van der Waals surface area contributed by atoms with Gasteiger partial charge in [0, 0.05) is 23.5 Å². The molecule has 0 spiro atoms. The van der Waals surface area contributed by atoms with Crippen molar-refractivity contribution in [3.63, 3.8) is 0 Å². The van der Waals surface area contributed by atoms with E-state index >= 15 is 0 Å². The highest BCUT2D eigenvalue weighted by Crippen LogP contribution is 2.30. The van der Waals surface area contributed by atoms with E-state index in [4.69, 9.17) is 24.5 Å². The van der Waals surface area contributed by atoms with Crippen molar-refractivity contribution in [2.75, 3.05) is 25.5 Å². The standard InChI is InChI=1S/C31H64N2O7S7/c1-3-5-7-9-11-15-19-23-27-32-40-33(31(34)41)44-47(37,42)39-29-25-21-17-13-14-18-22-26-30-43-45-46(35,36)38-28-24-20-16-12-10-8-6-4-2/h32H,3-30H2,1-2H3,(H,34,41). The minimum absolute atomic E-state index is 0.246. The van der Waals surface area contributed by atoms with Crippen molar-refractivity contribution in [3.05, 3.63) is 0 Å². The summed E-state index contributed by atoms with van der Waals surface area (Å²) in [5, 5.41) is -0.722. The number of thiol groups is 1. The first-order valence-electron chi connectivity index (χ1n) is 17.9. The maximum absolute atomic E-state index is 12.6. The largest absolute Gasteiger partial charge is 0.332 e. The molecular weight excluding hydrogens is 737 g/mol. The molecule has 0 aliphatic heterocycles. The number of unbranched alkanes of at least 4 members (excludes halogenated alkanes) is 21. The predicted octanol–water partition coefficient (Wildman–Crippen LogP) is 11.1. The van der Waals surface area contributed by atoms with Gasteiger partial charge in [-0.3, -0.25) is 13.2 Å². The molecule has 0 radical (unpaired) electrons. The SMILES string of the molecule is CCCCCCCCCCNON(SS(=O)(=S)OCCCCCCCCCCSSS(=O)(=O)OCCCCCCCCCC)C(=O)S. The molecule has 0 saturated carbocycles. The topological polar surface area (TPSA) is 111 Å². The summed E-state index contributed by atoms with van der Waals surface area (Å²) in [6.07, 6.45) is 26.9. The van der Waals surface area contributed by atoms with Crippen LogP contribution in [0.25, 0.3) is 0 Å². The van der Waals surface area contributed by atoms with Crippen LogP contribution in [0.3, 0.4) is 0 Å². The summed E-state index contributed by atoms with van der Waals surface area (Å²) in [7, 11) is -4.02. The summed E-state index contributed by atoms with van der Waals surface area (Å²) in [5.41, 5.74) is 2.71.